The molecule has 2 rings (SSSR count). The van der Waals surface area contributed by atoms with Crippen LogP contribution in [0.4, 0.5) is 5.69 Å². The van der Waals surface area contributed by atoms with Gasteiger partial charge >= 0.3 is 5.97 Å². The van der Waals surface area contributed by atoms with E-state index in [4.69, 9.17) is 5.11 Å². The minimum atomic E-state index is -0.987. The Hall–Kier alpha value is -2.28. The zero-order chi connectivity index (χ0) is 15.2. The Kier molecular flexibility index (Phi) is 4.99. The lowest BCUT2D eigenvalue weighted by Crippen LogP contribution is -2.27. The van der Waals surface area contributed by atoms with Crippen LogP contribution in [0.15, 0.2) is 24.3 Å². The van der Waals surface area contributed by atoms with Crippen LogP contribution in [0.3, 0.4) is 0 Å². The van der Waals surface area contributed by atoms with Crippen molar-refractivity contribution in [2.75, 3.05) is 18.0 Å². The number of aliphatic carboxylic acids is 1. The van der Waals surface area contributed by atoms with Crippen molar-refractivity contribution in [1.82, 2.24) is 0 Å². The summed E-state index contributed by atoms with van der Waals surface area (Å²) < 4.78 is 0. The van der Waals surface area contributed by atoms with Gasteiger partial charge in [0.25, 0.3) is 0 Å². The Morgan fingerprint density at radius 1 is 1.52 bits per heavy atom. The van der Waals surface area contributed by atoms with Crippen molar-refractivity contribution in [2.24, 2.45) is 5.92 Å². The summed E-state index contributed by atoms with van der Waals surface area (Å²) in [6, 6.07) is 7.78. The average Bonchev–Trinajstić information content (AvgIpc) is 3.28. The zero-order valence-corrected chi connectivity index (χ0v) is 12.2. The van der Waals surface area contributed by atoms with Gasteiger partial charge in [-0.25, -0.2) is 4.79 Å². The second-order valence-electron chi connectivity index (χ2n) is 5.45. The van der Waals surface area contributed by atoms with E-state index in [9.17, 15) is 10.1 Å². The number of nitriles is 1. The van der Waals surface area contributed by atoms with Gasteiger partial charge in [-0.15, -0.1) is 0 Å². The van der Waals surface area contributed by atoms with E-state index in [1.54, 1.807) is 6.07 Å². The van der Waals surface area contributed by atoms with Crippen LogP contribution < -0.4 is 4.90 Å². The minimum absolute atomic E-state index is 0.608. The summed E-state index contributed by atoms with van der Waals surface area (Å²) in [5, 5.41) is 18.0. The maximum atomic E-state index is 10.6. The number of carboxylic acid groups (broad SMARTS) is 1. The molecule has 1 fully saturated rings. The smallest absolute Gasteiger partial charge is 0.328 e. The van der Waals surface area contributed by atoms with Crippen LogP contribution in [0.1, 0.15) is 37.3 Å². The maximum Gasteiger partial charge on any atom is 0.328 e. The Morgan fingerprint density at radius 2 is 2.29 bits per heavy atom. The number of carboxylic acids is 1. The van der Waals surface area contributed by atoms with E-state index in [2.05, 4.69) is 17.9 Å². The molecule has 110 valence electrons. The van der Waals surface area contributed by atoms with Crippen LogP contribution in [0, 0.1) is 17.2 Å². The van der Waals surface area contributed by atoms with Crippen molar-refractivity contribution in [3.8, 4) is 6.07 Å². The molecule has 0 atom stereocenters. The molecule has 0 unspecified atom stereocenters. The molecule has 1 aliphatic carbocycles. The van der Waals surface area contributed by atoms with Gasteiger partial charge in [0.15, 0.2) is 0 Å². The first kappa shape index (κ1) is 15.1. The van der Waals surface area contributed by atoms with Gasteiger partial charge in [-0.05, 0) is 49.0 Å². The lowest BCUT2D eigenvalue weighted by atomic mass is 10.1. The highest BCUT2D eigenvalue weighted by Gasteiger charge is 2.25. The summed E-state index contributed by atoms with van der Waals surface area (Å²) in [5.41, 5.74) is 2.30. The summed E-state index contributed by atoms with van der Waals surface area (Å²) in [5.74, 6) is -0.228. The fourth-order valence-corrected chi connectivity index (χ4v) is 2.38. The molecule has 1 aliphatic rings. The lowest BCUT2D eigenvalue weighted by molar-refractivity contribution is -0.131. The van der Waals surface area contributed by atoms with Gasteiger partial charge in [0.1, 0.15) is 6.07 Å². The zero-order valence-electron chi connectivity index (χ0n) is 12.2. The van der Waals surface area contributed by atoms with Gasteiger partial charge < -0.3 is 10.0 Å². The van der Waals surface area contributed by atoms with E-state index in [1.165, 1.54) is 18.9 Å². The normalized spacial score (nSPS) is 14.1. The van der Waals surface area contributed by atoms with Gasteiger partial charge in [-0.2, -0.15) is 5.26 Å². The summed E-state index contributed by atoms with van der Waals surface area (Å²) in [6.07, 6.45) is 6.20. The van der Waals surface area contributed by atoms with Crippen LogP contribution in [0.2, 0.25) is 0 Å². The van der Waals surface area contributed by atoms with Gasteiger partial charge in [-0.1, -0.05) is 13.0 Å². The number of rotatable bonds is 7. The van der Waals surface area contributed by atoms with Crippen molar-refractivity contribution >= 4 is 17.7 Å². The summed E-state index contributed by atoms with van der Waals surface area (Å²) in [6.45, 7) is 4.08. The van der Waals surface area contributed by atoms with Crippen molar-refractivity contribution in [3.63, 3.8) is 0 Å². The highest BCUT2D eigenvalue weighted by atomic mass is 16.4. The molecular formula is C17H20N2O2. The third-order valence-corrected chi connectivity index (χ3v) is 3.57. The summed E-state index contributed by atoms with van der Waals surface area (Å²) in [7, 11) is 0. The van der Waals surface area contributed by atoms with Crippen LogP contribution in [0.25, 0.3) is 6.08 Å². The molecule has 0 saturated heterocycles. The highest BCUT2D eigenvalue weighted by Crippen LogP contribution is 2.32. The molecule has 21 heavy (non-hydrogen) atoms. The Labute approximate surface area is 125 Å². The average molecular weight is 284 g/mol. The van der Waals surface area contributed by atoms with E-state index in [-0.39, 0.29) is 0 Å². The van der Waals surface area contributed by atoms with E-state index < -0.39 is 5.97 Å². The van der Waals surface area contributed by atoms with Crippen molar-refractivity contribution in [1.29, 1.82) is 5.26 Å². The predicted octanol–water partition coefficient (Wildman–Crippen LogP) is 3.28. The first-order valence-electron chi connectivity index (χ1n) is 7.34. The summed E-state index contributed by atoms with van der Waals surface area (Å²) in [4.78, 5) is 12.8. The minimum Gasteiger partial charge on any atom is -0.478 e. The molecule has 0 heterocycles. The molecule has 4 nitrogen and oxygen atoms in total. The molecule has 1 aromatic rings. The quantitative estimate of drug-likeness (QED) is 0.780. The van der Waals surface area contributed by atoms with Crippen LogP contribution >= 0.6 is 0 Å². The number of hydrogen-bond acceptors (Lipinski definition) is 3. The van der Waals surface area contributed by atoms with Crippen molar-refractivity contribution in [2.45, 2.75) is 26.2 Å². The predicted molar refractivity (Wildman–Crippen MR) is 83.1 cm³/mol. The number of benzene rings is 1. The Balaban J connectivity index is 2.24. The first-order chi connectivity index (χ1) is 10.1. The number of carbonyl (C=O) groups is 1. The molecule has 4 heteroatoms. The highest BCUT2D eigenvalue weighted by molar-refractivity contribution is 5.85. The van der Waals surface area contributed by atoms with E-state index in [0.717, 1.165) is 42.8 Å². The van der Waals surface area contributed by atoms with E-state index in [1.807, 2.05) is 12.1 Å². The number of hydrogen-bond donors (Lipinski definition) is 1. The second-order valence-corrected chi connectivity index (χ2v) is 5.45. The lowest BCUT2D eigenvalue weighted by Gasteiger charge is -2.25. The van der Waals surface area contributed by atoms with E-state index >= 15 is 0 Å². The Morgan fingerprint density at radius 3 is 2.86 bits per heavy atom. The Bertz CT molecular complexity index is 583. The molecule has 0 amide bonds. The molecule has 0 bridgehead atoms. The number of anilines is 1. The van der Waals surface area contributed by atoms with E-state index in [0.29, 0.717) is 5.56 Å². The van der Waals surface area contributed by atoms with Gasteiger partial charge in [0, 0.05) is 19.2 Å². The molecule has 0 aliphatic heterocycles. The number of nitrogens with zero attached hydrogens (tertiary/aromatic N) is 2. The third kappa shape index (κ3) is 4.35. The fraction of sp³-hybridized carbons (Fsp3) is 0.412. The topological polar surface area (TPSA) is 64.3 Å². The molecule has 1 aromatic carbocycles. The SMILES string of the molecule is CCCN(CC1CC1)c1ccc(/C=C/C(=O)O)cc1C#N. The molecule has 1 N–H and O–H groups in total. The summed E-state index contributed by atoms with van der Waals surface area (Å²) >= 11 is 0. The van der Waals surface area contributed by atoms with Crippen molar-refractivity contribution < 1.29 is 9.90 Å². The molecule has 0 spiro atoms. The molecule has 0 aromatic heterocycles. The molecular weight excluding hydrogens is 264 g/mol. The standard InChI is InChI=1S/C17H20N2O2/c1-2-9-19(12-14-3-4-14)16-7-5-13(6-8-17(20)21)10-15(16)11-18/h5-8,10,14H,2-4,9,12H2,1H3,(H,20,21)/b8-6+. The van der Waals surface area contributed by atoms with Crippen LogP contribution in [-0.2, 0) is 4.79 Å². The second kappa shape index (κ2) is 6.94. The maximum absolute atomic E-state index is 10.6. The first-order valence-corrected chi connectivity index (χ1v) is 7.34. The molecule has 0 radical (unpaired) electrons. The van der Waals surface area contributed by atoms with Gasteiger partial charge in [-0.3, -0.25) is 0 Å². The molecule has 1 saturated carbocycles. The van der Waals surface area contributed by atoms with Gasteiger partial charge in [0.2, 0.25) is 0 Å². The largest absolute Gasteiger partial charge is 0.478 e. The monoisotopic (exact) mass is 284 g/mol. The fourth-order valence-electron chi connectivity index (χ4n) is 2.38. The van der Waals surface area contributed by atoms with Crippen LogP contribution in [0.5, 0.6) is 0 Å². The van der Waals surface area contributed by atoms with Crippen molar-refractivity contribution in [3.05, 3.63) is 35.4 Å². The van der Waals surface area contributed by atoms with Crippen LogP contribution in [-0.4, -0.2) is 24.2 Å². The third-order valence-electron chi connectivity index (χ3n) is 3.57. The van der Waals surface area contributed by atoms with Gasteiger partial charge in [0.05, 0.1) is 11.3 Å².